The lowest BCUT2D eigenvalue weighted by molar-refractivity contribution is -0.125. The molecule has 2 fully saturated rings. The first-order valence-corrected chi connectivity index (χ1v) is 14.5. The number of Topliss-reactive ketones (excluding diaryl/α,β-unsaturated/α-hetero) is 1. The fourth-order valence-corrected chi connectivity index (χ4v) is 6.46. The molecule has 3 atom stereocenters. The third kappa shape index (κ3) is 4.73. The number of aromatic amines is 1. The van der Waals surface area contributed by atoms with Gasteiger partial charge in [0, 0.05) is 42.4 Å². The SMILES string of the molecule is CCC(C)C(=O)C1(c2cc(OC)ccc2C)CC1c1ccc2c(-c3ccc(CN4CCOCC4)cc3)n[nH]c2c1. The summed E-state index contributed by atoms with van der Waals surface area (Å²) in [5.41, 5.74) is 7.28. The Kier molecular flexibility index (Phi) is 7.24. The maximum absolute atomic E-state index is 13.9. The summed E-state index contributed by atoms with van der Waals surface area (Å²) in [6, 6.07) is 21.4. The molecule has 1 aromatic heterocycles. The van der Waals surface area contributed by atoms with Gasteiger partial charge in [0.2, 0.25) is 0 Å². The summed E-state index contributed by atoms with van der Waals surface area (Å²) in [6.07, 6.45) is 1.66. The number of nitrogens with one attached hydrogen (secondary N) is 1. The average molecular weight is 538 g/mol. The number of morpholine rings is 1. The van der Waals surface area contributed by atoms with Gasteiger partial charge >= 0.3 is 0 Å². The van der Waals surface area contributed by atoms with E-state index in [9.17, 15) is 4.79 Å². The van der Waals surface area contributed by atoms with Crippen molar-refractivity contribution in [3.05, 3.63) is 82.9 Å². The number of rotatable bonds is 9. The molecule has 1 N–H and O–H groups in total. The summed E-state index contributed by atoms with van der Waals surface area (Å²) in [4.78, 5) is 16.4. The number of nitrogens with zero attached hydrogens (tertiary/aromatic N) is 2. The second-order valence-electron chi connectivity index (χ2n) is 11.5. The van der Waals surface area contributed by atoms with E-state index in [0.717, 1.165) is 84.7 Å². The molecule has 0 spiro atoms. The molecule has 1 saturated carbocycles. The predicted molar refractivity (Wildman–Crippen MR) is 159 cm³/mol. The lowest BCUT2D eigenvalue weighted by Crippen LogP contribution is -2.35. The molecule has 0 amide bonds. The lowest BCUT2D eigenvalue weighted by atomic mass is 9.79. The van der Waals surface area contributed by atoms with Crippen LogP contribution in [0.2, 0.25) is 0 Å². The first-order chi connectivity index (χ1) is 19.4. The van der Waals surface area contributed by atoms with Crippen LogP contribution in [0.1, 0.15) is 54.9 Å². The number of hydrogen-bond donors (Lipinski definition) is 1. The van der Waals surface area contributed by atoms with Gasteiger partial charge in [0.15, 0.2) is 0 Å². The number of ether oxygens (including phenoxy) is 2. The molecule has 1 saturated heterocycles. The van der Waals surface area contributed by atoms with Crippen molar-refractivity contribution in [2.24, 2.45) is 5.92 Å². The van der Waals surface area contributed by atoms with E-state index in [1.54, 1.807) is 7.11 Å². The molecular formula is C34H39N3O3. The minimum atomic E-state index is -0.513. The normalized spacial score (nSPS) is 21.9. The highest BCUT2D eigenvalue weighted by atomic mass is 16.5. The van der Waals surface area contributed by atoms with Gasteiger partial charge < -0.3 is 9.47 Å². The summed E-state index contributed by atoms with van der Waals surface area (Å²) in [7, 11) is 1.68. The van der Waals surface area contributed by atoms with E-state index in [1.165, 1.54) is 11.1 Å². The summed E-state index contributed by atoms with van der Waals surface area (Å²) in [5, 5.41) is 9.08. The molecule has 2 heterocycles. The Hall–Kier alpha value is -3.48. The second-order valence-corrected chi connectivity index (χ2v) is 11.5. The number of ketones is 1. The van der Waals surface area contributed by atoms with Crippen LogP contribution in [0.3, 0.4) is 0 Å². The van der Waals surface area contributed by atoms with Crippen molar-refractivity contribution in [3.8, 4) is 17.0 Å². The van der Waals surface area contributed by atoms with E-state index < -0.39 is 5.41 Å². The van der Waals surface area contributed by atoms with Gasteiger partial charge in [0.25, 0.3) is 0 Å². The van der Waals surface area contributed by atoms with Gasteiger partial charge in [0.05, 0.1) is 36.9 Å². The molecule has 2 aliphatic rings. The molecule has 4 aromatic rings. The summed E-state index contributed by atoms with van der Waals surface area (Å²) in [6.45, 7) is 10.8. The lowest BCUT2D eigenvalue weighted by Gasteiger charge is -2.26. The Morgan fingerprint density at radius 1 is 1.12 bits per heavy atom. The molecule has 40 heavy (non-hydrogen) atoms. The van der Waals surface area contributed by atoms with Crippen LogP contribution in [0.15, 0.2) is 60.7 Å². The minimum absolute atomic E-state index is 0.00399. The third-order valence-electron chi connectivity index (χ3n) is 9.11. The molecule has 3 aromatic carbocycles. The maximum atomic E-state index is 13.9. The number of benzene rings is 3. The molecule has 1 aliphatic carbocycles. The number of methoxy groups -OCH3 is 1. The minimum Gasteiger partial charge on any atom is -0.497 e. The highest BCUT2D eigenvalue weighted by Gasteiger charge is 2.62. The van der Waals surface area contributed by atoms with Gasteiger partial charge in [-0.15, -0.1) is 0 Å². The Labute approximate surface area is 236 Å². The highest BCUT2D eigenvalue weighted by molar-refractivity contribution is 5.98. The third-order valence-corrected chi connectivity index (χ3v) is 9.11. The number of H-pyrrole nitrogens is 1. The Morgan fingerprint density at radius 2 is 1.90 bits per heavy atom. The van der Waals surface area contributed by atoms with Crippen LogP contribution in [0.4, 0.5) is 0 Å². The number of carbonyl (C=O) groups excluding carboxylic acids is 1. The van der Waals surface area contributed by atoms with E-state index in [1.807, 2.05) is 6.07 Å². The van der Waals surface area contributed by atoms with E-state index in [0.29, 0.717) is 5.78 Å². The monoisotopic (exact) mass is 537 g/mol. The van der Waals surface area contributed by atoms with Crippen LogP contribution in [0, 0.1) is 12.8 Å². The van der Waals surface area contributed by atoms with Gasteiger partial charge in [-0.1, -0.05) is 56.3 Å². The van der Waals surface area contributed by atoms with E-state index in [4.69, 9.17) is 14.6 Å². The molecule has 0 radical (unpaired) electrons. The largest absolute Gasteiger partial charge is 0.497 e. The van der Waals surface area contributed by atoms with Gasteiger partial charge in [-0.3, -0.25) is 14.8 Å². The topological polar surface area (TPSA) is 67.4 Å². The summed E-state index contributed by atoms with van der Waals surface area (Å²) >= 11 is 0. The molecule has 0 bridgehead atoms. The number of fused-ring (bicyclic) bond motifs is 1. The summed E-state index contributed by atoms with van der Waals surface area (Å²) in [5.74, 6) is 1.27. The van der Waals surface area contributed by atoms with Gasteiger partial charge in [-0.2, -0.15) is 5.10 Å². The summed E-state index contributed by atoms with van der Waals surface area (Å²) < 4.78 is 11.0. The first-order valence-electron chi connectivity index (χ1n) is 14.5. The number of aromatic nitrogens is 2. The standard InChI is InChI=1S/C34H39N3O3/c1-5-22(2)33(38)34(29-19-27(39-4)12-6-23(29)3)20-30(34)26-11-13-28-31(18-26)35-36-32(28)25-9-7-24(8-10-25)21-37-14-16-40-17-15-37/h6-13,18-19,22,30H,5,14-17,20-21H2,1-4H3,(H,35,36). The smallest absolute Gasteiger partial charge is 0.146 e. The van der Waals surface area contributed by atoms with Crippen LogP contribution < -0.4 is 4.74 Å². The molecule has 6 rings (SSSR count). The van der Waals surface area contributed by atoms with Crippen LogP contribution >= 0.6 is 0 Å². The molecule has 6 heteroatoms. The van der Waals surface area contributed by atoms with E-state index in [2.05, 4.69) is 85.4 Å². The zero-order chi connectivity index (χ0) is 27.9. The molecular weight excluding hydrogens is 498 g/mol. The van der Waals surface area contributed by atoms with Gasteiger partial charge in [0.1, 0.15) is 11.5 Å². The molecule has 6 nitrogen and oxygen atoms in total. The van der Waals surface area contributed by atoms with Crippen molar-refractivity contribution in [2.75, 3.05) is 33.4 Å². The predicted octanol–water partition coefficient (Wildman–Crippen LogP) is 6.42. The fourth-order valence-electron chi connectivity index (χ4n) is 6.46. The van der Waals surface area contributed by atoms with Crippen molar-refractivity contribution in [2.45, 2.75) is 51.5 Å². The van der Waals surface area contributed by atoms with Crippen molar-refractivity contribution in [1.82, 2.24) is 15.1 Å². The van der Waals surface area contributed by atoms with Crippen LogP contribution in [-0.2, 0) is 21.5 Å². The second kappa shape index (κ2) is 10.8. The zero-order valence-corrected chi connectivity index (χ0v) is 24.0. The number of aryl methyl sites for hydroxylation is 1. The van der Waals surface area contributed by atoms with Crippen molar-refractivity contribution < 1.29 is 14.3 Å². The Balaban J connectivity index is 1.29. The number of hydrogen-bond acceptors (Lipinski definition) is 5. The van der Waals surface area contributed by atoms with Gasteiger partial charge in [-0.25, -0.2) is 0 Å². The highest BCUT2D eigenvalue weighted by Crippen LogP contribution is 2.63. The molecule has 3 unspecified atom stereocenters. The Bertz CT molecular complexity index is 1520. The maximum Gasteiger partial charge on any atom is 0.146 e. The number of carbonyl (C=O) groups is 1. The van der Waals surface area contributed by atoms with Gasteiger partial charge in [-0.05, 0) is 60.2 Å². The quantitative estimate of drug-likeness (QED) is 0.267. The Morgan fingerprint density at radius 3 is 2.62 bits per heavy atom. The first kappa shape index (κ1) is 26.7. The van der Waals surface area contributed by atoms with E-state index in [-0.39, 0.29) is 11.8 Å². The van der Waals surface area contributed by atoms with Crippen LogP contribution in [0.25, 0.3) is 22.2 Å². The van der Waals surface area contributed by atoms with Crippen molar-refractivity contribution in [3.63, 3.8) is 0 Å². The zero-order valence-electron chi connectivity index (χ0n) is 24.0. The fraction of sp³-hybridized carbons (Fsp3) is 0.412. The van der Waals surface area contributed by atoms with Crippen LogP contribution in [0.5, 0.6) is 5.75 Å². The average Bonchev–Trinajstić information content (AvgIpc) is 3.61. The molecule has 208 valence electrons. The van der Waals surface area contributed by atoms with Crippen molar-refractivity contribution >= 4 is 16.7 Å². The molecule has 1 aliphatic heterocycles. The van der Waals surface area contributed by atoms with Crippen molar-refractivity contribution in [1.29, 1.82) is 0 Å². The van der Waals surface area contributed by atoms with E-state index >= 15 is 0 Å². The van der Waals surface area contributed by atoms with Crippen LogP contribution in [-0.4, -0.2) is 54.3 Å².